The van der Waals surface area contributed by atoms with Gasteiger partial charge in [0.2, 0.25) is 10.0 Å². The van der Waals surface area contributed by atoms with Crippen molar-refractivity contribution in [1.82, 2.24) is 5.32 Å². The van der Waals surface area contributed by atoms with Crippen molar-refractivity contribution >= 4 is 38.9 Å². The largest absolute Gasteiger partial charge is 0.347 e. The topological polar surface area (TPSA) is 89.3 Å². The zero-order chi connectivity index (χ0) is 15.6. The molecule has 5 nitrogen and oxygen atoms in total. The second kappa shape index (κ2) is 6.15. The normalized spacial score (nSPS) is 11.4. The average Bonchev–Trinajstić information content (AvgIpc) is 2.87. The number of carbonyl (C=O) groups is 1. The van der Waals surface area contributed by atoms with E-state index in [2.05, 4.69) is 5.32 Å². The van der Waals surface area contributed by atoms with Crippen LogP contribution in [-0.2, 0) is 16.6 Å². The molecule has 0 aliphatic rings. The number of nitrogens with one attached hydrogen (secondary N) is 1. The molecule has 0 spiro atoms. The minimum atomic E-state index is -3.70. The van der Waals surface area contributed by atoms with Gasteiger partial charge in [0.25, 0.3) is 5.91 Å². The molecule has 1 aromatic heterocycles. The lowest BCUT2D eigenvalue weighted by molar-refractivity contribution is 0.0950. The molecule has 0 fully saturated rings. The summed E-state index contributed by atoms with van der Waals surface area (Å²) in [6.07, 6.45) is 0. The highest BCUT2D eigenvalue weighted by molar-refractivity contribution is 7.91. The number of benzene rings is 1. The highest BCUT2D eigenvalue weighted by atomic mass is 35.5. The van der Waals surface area contributed by atoms with Gasteiger partial charge in [0, 0.05) is 15.5 Å². The van der Waals surface area contributed by atoms with Crippen molar-refractivity contribution < 1.29 is 13.2 Å². The first-order valence-electron chi connectivity index (χ1n) is 5.93. The molecule has 0 radical (unpaired) electrons. The van der Waals surface area contributed by atoms with Crippen molar-refractivity contribution in [3.8, 4) is 0 Å². The lowest BCUT2D eigenvalue weighted by Crippen LogP contribution is -2.23. The third-order valence-electron chi connectivity index (χ3n) is 2.78. The number of carbonyl (C=O) groups excluding carboxylic acids is 1. The van der Waals surface area contributed by atoms with E-state index < -0.39 is 10.0 Å². The molecular weight excluding hydrogens is 332 g/mol. The van der Waals surface area contributed by atoms with Crippen LogP contribution in [0, 0.1) is 6.92 Å². The number of thiophene rings is 1. The Morgan fingerprint density at radius 1 is 1.33 bits per heavy atom. The van der Waals surface area contributed by atoms with Gasteiger partial charge in [-0.05, 0) is 36.8 Å². The number of aryl methyl sites for hydroxylation is 1. The summed E-state index contributed by atoms with van der Waals surface area (Å²) in [7, 11) is -3.70. The van der Waals surface area contributed by atoms with Gasteiger partial charge in [-0.2, -0.15) is 0 Å². The van der Waals surface area contributed by atoms with E-state index in [0.29, 0.717) is 15.5 Å². The third-order valence-corrected chi connectivity index (χ3v) is 5.54. The van der Waals surface area contributed by atoms with Gasteiger partial charge >= 0.3 is 0 Å². The predicted molar refractivity (Wildman–Crippen MR) is 83.1 cm³/mol. The van der Waals surface area contributed by atoms with Gasteiger partial charge in [-0.25, -0.2) is 13.6 Å². The number of rotatable bonds is 4. The maximum atomic E-state index is 12.1. The quantitative estimate of drug-likeness (QED) is 0.891. The fourth-order valence-electron chi connectivity index (χ4n) is 1.71. The summed E-state index contributed by atoms with van der Waals surface area (Å²) >= 11 is 6.90. The second-order valence-corrected chi connectivity index (χ2v) is 7.80. The van der Waals surface area contributed by atoms with Crippen molar-refractivity contribution in [2.24, 2.45) is 5.14 Å². The summed E-state index contributed by atoms with van der Waals surface area (Å²) < 4.78 is 22.4. The van der Waals surface area contributed by atoms with Gasteiger partial charge in [-0.1, -0.05) is 17.7 Å². The molecule has 2 aromatic rings. The minimum absolute atomic E-state index is 0.0747. The summed E-state index contributed by atoms with van der Waals surface area (Å²) in [5, 5.41) is 8.24. The zero-order valence-electron chi connectivity index (χ0n) is 11.1. The molecular formula is C13H13ClN2O3S2. The van der Waals surface area contributed by atoms with Gasteiger partial charge in [0.1, 0.15) is 4.21 Å². The lowest BCUT2D eigenvalue weighted by atomic mass is 10.1. The molecule has 2 rings (SSSR count). The maximum absolute atomic E-state index is 12.1. The summed E-state index contributed by atoms with van der Waals surface area (Å²) in [5.41, 5.74) is 1.30. The molecule has 0 aliphatic carbocycles. The van der Waals surface area contributed by atoms with Crippen LogP contribution in [-0.4, -0.2) is 14.3 Å². The Morgan fingerprint density at radius 3 is 2.67 bits per heavy atom. The van der Waals surface area contributed by atoms with E-state index in [9.17, 15) is 13.2 Å². The number of halogens is 1. The summed E-state index contributed by atoms with van der Waals surface area (Å²) in [4.78, 5) is 12.8. The maximum Gasteiger partial charge on any atom is 0.251 e. The molecule has 3 N–H and O–H groups in total. The van der Waals surface area contributed by atoms with E-state index in [1.807, 2.05) is 6.92 Å². The first-order chi connectivity index (χ1) is 9.77. The van der Waals surface area contributed by atoms with Crippen molar-refractivity contribution in [2.75, 3.05) is 0 Å². The van der Waals surface area contributed by atoms with Gasteiger partial charge in [0.05, 0.1) is 6.54 Å². The van der Waals surface area contributed by atoms with E-state index in [1.54, 1.807) is 24.3 Å². The van der Waals surface area contributed by atoms with Crippen LogP contribution in [0.1, 0.15) is 20.8 Å². The Labute approximate surface area is 131 Å². The average molecular weight is 345 g/mol. The summed E-state index contributed by atoms with van der Waals surface area (Å²) in [6.45, 7) is 2.04. The highest BCUT2D eigenvalue weighted by Crippen LogP contribution is 2.20. The van der Waals surface area contributed by atoms with Crippen LogP contribution in [0.3, 0.4) is 0 Å². The van der Waals surface area contributed by atoms with Crippen LogP contribution in [0.15, 0.2) is 34.5 Å². The van der Waals surface area contributed by atoms with Crippen molar-refractivity contribution in [3.05, 3.63) is 51.4 Å². The first kappa shape index (κ1) is 16.0. The molecule has 0 saturated carbocycles. The second-order valence-electron chi connectivity index (χ2n) is 4.41. The standard InChI is InChI=1S/C13H13ClN2O3S2/c1-8-2-3-9(14)6-11(8)13(17)16-7-10-4-5-12(20-10)21(15,18)19/h2-6H,7H2,1H3,(H,16,17)(H2,15,18,19). The number of hydrogen-bond acceptors (Lipinski definition) is 4. The van der Waals surface area contributed by atoms with Crippen molar-refractivity contribution in [1.29, 1.82) is 0 Å². The van der Waals surface area contributed by atoms with E-state index in [0.717, 1.165) is 16.9 Å². The van der Waals surface area contributed by atoms with Gasteiger partial charge in [-0.3, -0.25) is 4.79 Å². The molecule has 0 atom stereocenters. The third kappa shape index (κ3) is 4.04. The Morgan fingerprint density at radius 2 is 2.05 bits per heavy atom. The Kier molecular flexibility index (Phi) is 4.67. The van der Waals surface area contributed by atoms with Gasteiger partial charge in [0.15, 0.2) is 0 Å². The fraction of sp³-hybridized carbons (Fsp3) is 0.154. The van der Waals surface area contributed by atoms with Crippen LogP contribution < -0.4 is 10.5 Å². The number of sulfonamides is 1. The molecule has 1 heterocycles. The SMILES string of the molecule is Cc1ccc(Cl)cc1C(=O)NCc1ccc(S(N)(=O)=O)s1. The fourth-order valence-corrected chi connectivity index (χ4v) is 3.60. The van der Waals surface area contributed by atoms with Crippen molar-refractivity contribution in [3.63, 3.8) is 0 Å². The van der Waals surface area contributed by atoms with Crippen molar-refractivity contribution in [2.45, 2.75) is 17.7 Å². The molecule has 0 unspecified atom stereocenters. The van der Waals surface area contributed by atoms with Crippen LogP contribution >= 0.6 is 22.9 Å². The van der Waals surface area contributed by atoms with E-state index in [-0.39, 0.29) is 16.7 Å². The molecule has 1 aromatic carbocycles. The molecule has 8 heteroatoms. The van der Waals surface area contributed by atoms with Crippen LogP contribution in [0.5, 0.6) is 0 Å². The number of nitrogens with two attached hydrogens (primary N) is 1. The number of primary sulfonamides is 1. The first-order valence-corrected chi connectivity index (χ1v) is 8.67. The Bertz CT molecular complexity index is 784. The van der Waals surface area contributed by atoms with E-state index >= 15 is 0 Å². The predicted octanol–water partition coefficient (Wildman–Crippen LogP) is 2.29. The summed E-state index contributed by atoms with van der Waals surface area (Å²) in [6, 6.07) is 8.12. The Balaban J connectivity index is 2.08. The van der Waals surface area contributed by atoms with E-state index in [1.165, 1.54) is 6.07 Å². The molecule has 112 valence electrons. The smallest absolute Gasteiger partial charge is 0.251 e. The van der Waals surface area contributed by atoms with Crippen LogP contribution in [0.4, 0.5) is 0 Å². The van der Waals surface area contributed by atoms with Crippen LogP contribution in [0.2, 0.25) is 5.02 Å². The lowest BCUT2D eigenvalue weighted by Gasteiger charge is -2.07. The number of amides is 1. The summed E-state index contributed by atoms with van der Waals surface area (Å²) in [5.74, 6) is -0.263. The monoisotopic (exact) mass is 344 g/mol. The van der Waals surface area contributed by atoms with Gasteiger partial charge in [-0.15, -0.1) is 11.3 Å². The Hall–Kier alpha value is -1.41. The molecule has 1 amide bonds. The molecule has 0 bridgehead atoms. The van der Waals surface area contributed by atoms with E-state index in [4.69, 9.17) is 16.7 Å². The van der Waals surface area contributed by atoms with Crippen LogP contribution in [0.25, 0.3) is 0 Å². The highest BCUT2D eigenvalue weighted by Gasteiger charge is 2.13. The van der Waals surface area contributed by atoms with Gasteiger partial charge < -0.3 is 5.32 Å². The molecule has 21 heavy (non-hydrogen) atoms. The zero-order valence-corrected chi connectivity index (χ0v) is 13.5. The molecule has 0 saturated heterocycles. The molecule has 0 aliphatic heterocycles. The minimum Gasteiger partial charge on any atom is -0.347 e. The number of hydrogen-bond donors (Lipinski definition) is 2.